The number of hydrogen-bond donors (Lipinski definition) is 1. The minimum absolute atomic E-state index is 0.915. The minimum atomic E-state index is 0.915. The first-order valence-corrected chi connectivity index (χ1v) is 7.62. The number of fused-ring (bicyclic) bond motifs is 4. The van der Waals surface area contributed by atoms with Crippen LogP contribution >= 0.6 is 0 Å². The third-order valence-corrected chi connectivity index (χ3v) is 4.38. The van der Waals surface area contributed by atoms with Crippen molar-refractivity contribution in [2.24, 2.45) is 0 Å². The van der Waals surface area contributed by atoms with E-state index in [0.717, 1.165) is 33.1 Å². The van der Waals surface area contributed by atoms with Gasteiger partial charge in [0.25, 0.3) is 0 Å². The molecule has 23 heavy (non-hydrogen) atoms. The number of aromatic nitrogens is 3. The first-order valence-electron chi connectivity index (χ1n) is 7.62. The Bertz CT molecular complexity index is 1170. The maximum Gasteiger partial charge on any atom is 0.0935 e. The Kier molecular flexibility index (Phi) is 2.50. The van der Waals surface area contributed by atoms with E-state index in [0.29, 0.717) is 0 Å². The van der Waals surface area contributed by atoms with Crippen molar-refractivity contribution in [3.8, 4) is 11.1 Å². The summed E-state index contributed by atoms with van der Waals surface area (Å²) in [4.78, 5) is 3.56. The van der Waals surface area contributed by atoms with Gasteiger partial charge in [0.05, 0.1) is 17.2 Å². The van der Waals surface area contributed by atoms with Crippen molar-refractivity contribution < 1.29 is 0 Å². The highest BCUT2D eigenvalue weighted by Gasteiger charge is 2.12. The van der Waals surface area contributed by atoms with Crippen LogP contribution in [-0.4, -0.2) is 15.2 Å². The molecule has 108 valence electrons. The van der Waals surface area contributed by atoms with Crippen LogP contribution in [0.2, 0.25) is 0 Å². The number of nitrogens with zero attached hydrogens (tertiary/aromatic N) is 2. The fourth-order valence-corrected chi connectivity index (χ4v) is 3.32. The fourth-order valence-electron chi connectivity index (χ4n) is 3.32. The van der Waals surface area contributed by atoms with Crippen LogP contribution in [0.4, 0.5) is 0 Å². The lowest BCUT2D eigenvalue weighted by atomic mass is 10.00. The van der Waals surface area contributed by atoms with Crippen molar-refractivity contribution in [2.45, 2.75) is 0 Å². The molecule has 3 heteroatoms. The zero-order chi connectivity index (χ0) is 15.2. The quantitative estimate of drug-likeness (QED) is 0.476. The van der Waals surface area contributed by atoms with Crippen LogP contribution in [0.15, 0.2) is 72.9 Å². The molecule has 0 fully saturated rings. The number of aromatic amines is 1. The molecular weight excluding hydrogens is 282 g/mol. The number of H-pyrrole nitrogens is 1. The summed E-state index contributed by atoms with van der Waals surface area (Å²) in [6.45, 7) is 0. The van der Waals surface area contributed by atoms with Gasteiger partial charge in [-0.25, -0.2) is 0 Å². The van der Waals surface area contributed by atoms with E-state index in [9.17, 15) is 0 Å². The van der Waals surface area contributed by atoms with E-state index in [1.54, 1.807) is 0 Å². The molecule has 0 aliphatic carbocycles. The molecule has 3 nitrogen and oxygen atoms in total. The summed E-state index contributed by atoms with van der Waals surface area (Å²) in [5.74, 6) is 0. The maximum absolute atomic E-state index is 4.23. The average Bonchev–Trinajstić information content (AvgIpc) is 3.00. The summed E-state index contributed by atoms with van der Waals surface area (Å²) in [6.07, 6.45) is 1.85. The molecule has 5 aromatic rings. The lowest BCUT2D eigenvalue weighted by molar-refractivity contribution is 1.08. The standard InChI is InChI=1S/C20H13N3/c1-3-10-18-13(6-1)15-8-5-9-16(20(15)22-18)17-12-21-23-19-11-4-2-7-14(17)19/h1-12,22H. The first kappa shape index (κ1) is 12.4. The monoisotopic (exact) mass is 295 g/mol. The fraction of sp³-hybridized carbons (Fsp3) is 0. The smallest absolute Gasteiger partial charge is 0.0935 e. The van der Waals surface area contributed by atoms with Gasteiger partial charge in [0.15, 0.2) is 0 Å². The van der Waals surface area contributed by atoms with E-state index in [1.807, 2.05) is 24.4 Å². The molecule has 5 rings (SSSR count). The topological polar surface area (TPSA) is 41.6 Å². The number of hydrogen-bond acceptors (Lipinski definition) is 2. The average molecular weight is 295 g/mol. The zero-order valence-corrected chi connectivity index (χ0v) is 12.3. The Morgan fingerprint density at radius 2 is 1.43 bits per heavy atom. The van der Waals surface area contributed by atoms with Crippen LogP contribution in [0.5, 0.6) is 0 Å². The van der Waals surface area contributed by atoms with Crippen LogP contribution in [0, 0.1) is 0 Å². The van der Waals surface area contributed by atoms with Crippen molar-refractivity contribution in [3.63, 3.8) is 0 Å². The van der Waals surface area contributed by atoms with E-state index in [1.165, 1.54) is 10.8 Å². The van der Waals surface area contributed by atoms with Gasteiger partial charge in [0.1, 0.15) is 0 Å². The maximum atomic E-state index is 4.23. The second-order valence-electron chi connectivity index (χ2n) is 5.67. The van der Waals surface area contributed by atoms with Gasteiger partial charge in [-0.05, 0) is 12.1 Å². The molecule has 0 spiro atoms. The molecule has 0 unspecified atom stereocenters. The largest absolute Gasteiger partial charge is 0.354 e. The number of benzene rings is 3. The summed E-state index contributed by atoms with van der Waals surface area (Å²) in [6, 6.07) is 22.9. The zero-order valence-electron chi connectivity index (χ0n) is 12.3. The lowest BCUT2D eigenvalue weighted by Crippen LogP contribution is -1.88. The second-order valence-corrected chi connectivity index (χ2v) is 5.67. The molecule has 0 amide bonds. The van der Waals surface area contributed by atoms with Gasteiger partial charge in [-0.3, -0.25) is 0 Å². The van der Waals surface area contributed by atoms with Crippen LogP contribution in [0.3, 0.4) is 0 Å². The Hall–Kier alpha value is -3.20. The second kappa shape index (κ2) is 4.65. The van der Waals surface area contributed by atoms with Gasteiger partial charge in [-0.2, -0.15) is 10.2 Å². The Morgan fingerprint density at radius 3 is 2.39 bits per heavy atom. The van der Waals surface area contributed by atoms with Gasteiger partial charge in [-0.1, -0.05) is 54.6 Å². The molecule has 0 aliphatic rings. The van der Waals surface area contributed by atoms with E-state index in [-0.39, 0.29) is 0 Å². The van der Waals surface area contributed by atoms with Gasteiger partial charge in [-0.15, -0.1) is 0 Å². The first-order chi connectivity index (χ1) is 11.4. The van der Waals surface area contributed by atoms with Gasteiger partial charge in [0, 0.05) is 32.8 Å². The SMILES string of the molecule is c1ccc2c(-c3cccc4c3[nH]c3ccccc34)cnnc2c1. The highest BCUT2D eigenvalue weighted by Crippen LogP contribution is 2.35. The molecular formula is C20H13N3. The molecule has 0 bridgehead atoms. The molecule has 1 N–H and O–H groups in total. The summed E-state index contributed by atoms with van der Waals surface area (Å²) < 4.78 is 0. The summed E-state index contributed by atoms with van der Waals surface area (Å²) in [7, 11) is 0. The Balaban J connectivity index is 1.93. The normalized spacial score (nSPS) is 11.5. The van der Waals surface area contributed by atoms with E-state index in [2.05, 4.69) is 63.7 Å². The Morgan fingerprint density at radius 1 is 0.652 bits per heavy atom. The number of nitrogens with one attached hydrogen (secondary N) is 1. The van der Waals surface area contributed by atoms with Crippen LogP contribution in [-0.2, 0) is 0 Å². The van der Waals surface area contributed by atoms with Crippen LogP contribution < -0.4 is 0 Å². The van der Waals surface area contributed by atoms with Crippen LogP contribution in [0.1, 0.15) is 0 Å². The van der Waals surface area contributed by atoms with Crippen LogP contribution in [0.25, 0.3) is 43.8 Å². The molecule has 0 saturated heterocycles. The van der Waals surface area contributed by atoms with Gasteiger partial charge >= 0.3 is 0 Å². The highest BCUT2D eigenvalue weighted by molar-refractivity contribution is 6.13. The van der Waals surface area contributed by atoms with Crippen molar-refractivity contribution >= 4 is 32.7 Å². The molecule has 2 heterocycles. The van der Waals surface area contributed by atoms with E-state index < -0.39 is 0 Å². The summed E-state index contributed by atoms with van der Waals surface area (Å²) >= 11 is 0. The molecule has 0 saturated carbocycles. The minimum Gasteiger partial charge on any atom is -0.354 e. The molecule has 2 aromatic heterocycles. The third-order valence-electron chi connectivity index (χ3n) is 4.38. The third kappa shape index (κ3) is 1.77. The number of para-hydroxylation sites is 2. The molecule has 0 aliphatic heterocycles. The van der Waals surface area contributed by atoms with Crippen molar-refractivity contribution in [1.29, 1.82) is 0 Å². The predicted octanol–water partition coefficient (Wildman–Crippen LogP) is 4.93. The Labute approximate surface area is 132 Å². The summed E-state index contributed by atoms with van der Waals surface area (Å²) in [5, 5.41) is 12.0. The van der Waals surface area contributed by atoms with E-state index >= 15 is 0 Å². The summed E-state index contributed by atoms with van der Waals surface area (Å²) in [5.41, 5.74) is 5.48. The lowest BCUT2D eigenvalue weighted by Gasteiger charge is -2.06. The molecule has 3 aromatic carbocycles. The van der Waals surface area contributed by atoms with Crippen molar-refractivity contribution in [3.05, 3.63) is 72.9 Å². The van der Waals surface area contributed by atoms with E-state index in [4.69, 9.17) is 0 Å². The number of rotatable bonds is 1. The van der Waals surface area contributed by atoms with Crippen molar-refractivity contribution in [2.75, 3.05) is 0 Å². The van der Waals surface area contributed by atoms with Gasteiger partial charge in [0.2, 0.25) is 0 Å². The molecule has 0 radical (unpaired) electrons. The van der Waals surface area contributed by atoms with Crippen molar-refractivity contribution in [1.82, 2.24) is 15.2 Å². The molecule has 0 atom stereocenters. The highest BCUT2D eigenvalue weighted by atomic mass is 15.1. The predicted molar refractivity (Wildman–Crippen MR) is 94.3 cm³/mol. The van der Waals surface area contributed by atoms with Gasteiger partial charge < -0.3 is 4.98 Å².